The normalized spacial score (nSPS) is 16.7. The van der Waals surface area contributed by atoms with Crippen LogP contribution in [0.15, 0.2) is 0 Å². The molecule has 0 aromatic carbocycles. The van der Waals surface area contributed by atoms with E-state index in [0.29, 0.717) is 0 Å². The van der Waals surface area contributed by atoms with Gasteiger partial charge in [-0.2, -0.15) is 26.3 Å². The zero-order valence-corrected chi connectivity index (χ0v) is 9.08. The van der Waals surface area contributed by atoms with Crippen LogP contribution in [0.5, 0.6) is 0 Å². The SMILES string of the molecule is CC(C)C[C@H](C)C(O)(C(F)(F)F)C(F)(F)F. The van der Waals surface area contributed by atoms with E-state index in [-0.39, 0.29) is 12.3 Å². The minimum Gasteiger partial charge on any atom is -0.373 e. The molecule has 0 aliphatic rings. The van der Waals surface area contributed by atoms with Crippen LogP contribution in [0.1, 0.15) is 27.2 Å². The van der Waals surface area contributed by atoms with Crippen molar-refractivity contribution in [1.82, 2.24) is 0 Å². The highest BCUT2D eigenvalue weighted by Gasteiger charge is 2.72. The first-order valence-electron chi connectivity index (χ1n) is 4.69. The molecular weight excluding hydrogens is 238 g/mol. The molecule has 0 aliphatic carbocycles. The van der Waals surface area contributed by atoms with Crippen LogP contribution in [0, 0.1) is 11.8 Å². The Morgan fingerprint density at radius 1 is 0.875 bits per heavy atom. The minimum absolute atomic E-state index is 0.366. The third-order valence-electron chi connectivity index (χ3n) is 2.40. The van der Waals surface area contributed by atoms with E-state index in [1.807, 2.05) is 0 Å². The van der Waals surface area contributed by atoms with Gasteiger partial charge in [-0.1, -0.05) is 20.8 Å². The predicted octanol–water partition coefficient (Wildman–Crippen LogP) is 3.52. The second-order valence-electron chi connectivity index (χ2n) is 4.29. The van der Waals surface area contributed by atoms with Crippen LogP contribution in [-0.2, 0) is 0 Å². The Hall–Kier alpha value is -0.460. The third kappa shape index (κ3) is 2.81. The lowest BCUT2D eigenvalue weighted by Crippen LogP contribution is -2.61. The van der Waals surface area contributed by atoms with Gasteiger partial charge in [0.2, 0.25) is 0 Å². The molecule has 1 nitrogen and oxygen atoms in total. The molecule has 0 aromatic rings. The fourth-order valence-electron chi connectivity index (χ4n) is 1.60. The monoisotopic (exact) mass is 252 g/mol. The average Bonchev–Trinajstić information content (AvgIpc) is 1.96. The molecule has 1 N–H and O–H groups in total. The molecule has 0 spiro atoms. The van der Waals surface area contributed by atoms with Crippen LogP contribution in [0.2, 0.25) is 0 Å². The molecule has 0 unspecified atom stereocenters. The average molecular weight is 252 g/mol. The second kappa shape index (κ2) is 4.43. The number of hydrogen-bond donors (Lipinski definition) is 1. The van der Waals surface area contributed by atoms with Gasteiger partial charge in [0.25, 0.3) is 5.60 Å². The maximum atomic E-state index is 12.3. The van der Waals surface area contributed by atoms with Gasteiger partial charge in [-0.25, -0.2) is 0 Å². The molecule has 0 radical (unpaired) electrons. The third-order valence-corrected chi connectivity index (χ3v) is 2.40. The van der Waals surface area contributed by atoms with E-state index < -0.39 is 23.9 Å². The molecular formula is C9H14F6O. The highest BCUT2D eigenvalue weighted by Crippen LogP contribution is 2.49. The van der Waals surface area contributed by atoms with Crippen molar-refractivity contribution in [3.05, 3.63) is 0 Å². The Morgan fingerprint density at radius 3 is 1.38 bits per heavy atom. The van der Waals surface area contributed by atoms with Crippen LogP contribution in [0.25, 0.3) is 0 Å². The Kier molecular flexibility index (Phi) is 4.30. The van der Waals surface area contributed by atoms with Gasteiger partial charge in [-0.3, -0.25) is 0 Å². The second-order valence-corrected chi connectivity index (χ2v) is 4.29. The van der Waals surface area contributed by atoms with Gasteiger partial charge in [-0.15, -0.1) is 0 Å². The Bertz CT molecular complexity index is 215. The van der Waals surface area contributed by atoms with Crippen molar-refractivity contribution in [1.29, 1.82) is 0 Å². The number of hydrogen-bond acceptors (Lipinski definition) is 1. The predicted molar refractivity (Wildman–Crippen MR) is 45.7 cm³/mol. The van der Waals surface area contributed by atoms with Crippen LogP contribution in [0.3, 0.4) is 0 Å². The summed E-state index contributed by atoms with van der Waals surface area (Å²) >= 11 is 0. The topological polar surface area (TPSA) is 20.2 Å². The summed E-state index contributed by atoms with van der Waals surface area (Å²) < 4.78 is 74.0. The molecule has 0 bridgehead atoms. The summed E-state index contributed by atoms with van der Waals surface area (Å²) in [4.78, 5) is 0. The zero-order valence-electron chi connectivity index (χ0n) is 9.08. The van der Waals surface area contributed by atoms with Crippen molar-refractivity contribution in [3.63, 3.8) is 0 Å². The van der Waals surface area contributed by atoms with E-state index in [9.17, 15) is 26.3 Å². The van der Waals surface area contributed by atoms with Gasteiger partial charge >= 0.3 is 12.4 Å². The maximum Gasteiger partial charge on any atom is 0.426 e. The van der Waals surface area contributed by atoms with E-state index in [4.69, 9.17) is 5.11 Å². The highest BCUT2D eigenvalue weighted by atomic mass is 19.4. The largest absolute Gasteiger partial charge is 0.426 e. The number of rotatable bonds is 3. The molecule has 16 heavy (non-hydrogen) atoms. The summed E-state index contributed by atoms with van der Waals surface area (Å²) in [5.41, 5.74) is -4.63. The van der Waals surface area contributed by atoms with Crippen LogP contribution < -0.4 is 0 Å². The molecule has 0 aliphatic heterocycles. The van der Waals surface area contributed by atoms with Gasteiger partial charge in [0.05, 0.1) is 0 Å². The van der Waals surface area contributed by atoms with Crippen LogP contribution >= 0.6 is 0 Å². The Morgan fingerprint density at radius 2 is 1.19 bits per heavy atom. The molecule has 0 rings (SSSR count). The summed E-state index contributed by atoms with van der Waals surface area (Å²) in [6.45, 7) is 3.73. The molecule has 0 saturated heterocycles. The maximum absolute atomic E-state index is 12.3. The standard InChI is InChI=1S/C9H14F6O/c1-5(2)4-6(3)7(16,8(10,11)12)9(13,14)15/h5-6,16H,4H2,1-3H3/t6-/m0/s1. The molecule has 0 saturated carbocycles. The summed E-state index contributed by atoms with van der Waals surface area (Å²) in [5.74, 6) is -2.31. The first kappa shape index (κ1) is 15.5. The molecule has 0 fully saturated rings. The van der Waals surface area contributed by atoms with E-state index in [1.54, 1.807) is 0 Å². The molecule has 0 amide bonds. The van der Waals surface area contributed by atoms with Crippen LogP contribution in [0.4, 0.5) is 26.3 Å². The van der Waals surface area contributed by atoms with E-state index in [0.717, 1.165) is 6.92 Å². The number of alkyl halides is 6. The lowest BCUT2D eigenvalue weighted by Gasteiger charge is -2.37. The lowest BCUT2D eigenvalue weighted by atomic mass is 9.82. The van der Waals surface area contributed by atoms with E-state index in [1.165, 1.54) is 13.8 Å². The Labute approximate surface area is 89.4 Å². The quantitative estimate of drug-likeness (QED) is 0.762. The zero-order chi connectivity index (χ0) is 13.4. The minimum atomic E-state index is -5.72. The first-order valence-corrected chi connectivity index (χ1v) is 4.69. The summed E-state index contributed by atoms with van der Waals surface area (Å²) in [6.07, 6.45) is -11.8. The van der Waals surface area contributed by atoms with Gasteiger partial charge in [0.1, 0.15) is 0 Å². The molecule has 0 heterocycles. The number of aliphatic hydroxyl groups is 1. The van der Waals surface area contributed by atoms with Gasteiger partial charge in [-0.05, 0) is 12.3 Å². The van der Waals surface area contributed by atoms with Crippen LogP contribution in [-0.4, -0.2) is 23.1 Å². The highest BCUT2D eigenvalue weighted by molar-refractivity contribution is 4.97. The fourth-order valence-corrected chi connectivity index (χ4v) is 1.60. The van der Waals surface area contributed by atoms with Gasteiger partial charge in [0.15, 0.2) is 0 Å². The van der Waals surface area contributed by atoms with Crippen molar-refractivity contribution in [2.45, 2.75) is 45.1 Å². The molecule has 98 valence electrons. The van der Waals surface area contributed by atoms with Crippen molar-refractivity contribution in [3.8, 4) is 0 Å². The van der Waals surface area contributed by atoms with E-state index in [2.05, 4.69) is 0 Å². The number of halogens is 6. The summed E-state index contributed by atoms with van der Waals surface area (Å²) in [7, 11) is 0. The summed E-state index contributed by atoms with van der Waals surface area (Å²) in [5, 5.41) is 8.95. The van der Waals surface area contributed by atoms with Gasteiger partial charge < -0.3 is 5.11 Å². The van der Waals surface area contributed by atoms with Crippen molar-refractivity contribution in [2.75, 3.05) is 0 Å². The molecule has 1 atom stereocenters. The Balaban J connectivity index is 5.27. The van der Waals surface area contributed by atoms with Gasteiger partial charge in [0, 0.05) is 5.92 Å². The molecule has 0 aromatic heterocycles. The van der Waals surface area contributed by atoms with E-state index >= 15 is 0 Å². The van der Waals surface area contributed by atoms with Crippen molar-refractivity contribution >= 4 is 0 Å². The van der Waals surface area contributed by atoms with Crippen molar-refractivity contribution in [2.24, 2.45) is 11.8 Å². The fraction of sp³-hybridized carbons (Fsp3) is 1.00. The first-order chi connectivity index (χ1) is 6.84. The lowest BCUT2D eigenvalue weighted by molar-refractivity contribution is -0.384. The molecule has 7 heteroatoms. The smallest absolute Gasteiger partial charge is 0.373 e. The van der Waals surface area contributed by atoms with Crippen molar-refractivity contribution < 1.29 is 31.4 Å². The summed E-state index contributed by atoms with van der Waals surface area (Å²) in [6, 6.07) is 0.